The lowest BCUT2D eigenvalue weighted by Gasteiger charge is -2.05. The topological polar surface area (TPSA) is 99.0 Å². The fourth-order valence-electron chi connectivity index (χ4n) is 1.71. The third kappa shape index (κ3) is 2.83. The number of anilines is 1. The third-order valence-electron chi connectivity index (χ3n) is 2.65. The summed E-state index contributed by atoms with van der Waals surface area (Å²) in [5, 5.41) is 15.7. The van der Waals surface area contributed by atoms with Gasteiger partial charge in [-0.2, -0.15) is 5.10 Å². The molecule has 0 fully saturated rings. The molecule has 0 unspecified atom stereocenters. The lowest BCUT2D eigenvalue weighted by atomic mass is 10.1. The molecule has 19 heavy (non-hydrogen) atoms. The number of aryl methyl sites for hydroxylation is 1. The summed E-state index contributed by atoms with van der Waals surface area (Å²) >= 11 is 5.91. The molecule has 2 aromatic rings. The molecule has 0 aliphatic carbocycles. The van der Waals surface area contributed by atoms with E-state index in [4.69, 9.17) is 17.4 Å². The number of nitrogen functional groups attached to an aromatic ring is 1. The van der Waals surface area contributed by atoms with Gasteiger partial charge >= 0.3 is 0 Å². The molecule has 0 aliphatic heterocycles. The molecule has 1 aromatic carbocycles. The molecule has 0 amide bonds. The fraction of sp³-hybridized carbons (Fsp3) is 0.182. The van der Waals surface area contributed by atoms with Crippen molar-refractivity contribution in [3.63, 3.8) is 0 Å². The summed E-state index contributed by atoms with van der Waals surface area (Å²) in [5.74, 6) is 5.22. The first-order valence-corrected chi connectivity index (χ1v) is 5.82. The van der Waals surface area contributed by atoms with Crippen LogP contribution in [0.3, 0.4) is 0 Å². The average molecular weight is 282 g/mol. The molecule has 0 bridgehead atoms. The number of nitrogens with zero attached hydrogens (tertiary/aromatic N) is 3. The average Bonchev–Trinajstić information content (AvgIpc) is 2.68. The molecule has 1 aromatic heterocycles. The molecule has 3 N–H and O–H groups in total. The number of nitro groups is 1. The Bertz CT molecular complexity index is 606. The van der Waals surface area contributed by atoms with Gasteiger partial charge in [0.15, 0.2) is 0 Å². The van der Waals surface area contributed by atoms with E-state index in [0.717, 1.165) is 11.3 Å². The predicted octanol–water partition coefficient (Wildman–Crippen LogP) is 2.09. The molecule has 0 radical (unpaired) electrons. The summed E-state index contributed by atoms with van der Waals surface area (Å²) in [7, 11) is 0. The van der Waals surface area contributed by atoms with Gasteiger partial charge in [-0.3, -0.25) is 20.6 Å². The zero-order valence-corrected chi connectivity index (χ0v) is 10.9. The van der Waals surface area contributed by atoms with E-state index >= 15 is 0 Å². The summed E-state index contributed by atoms with van der Waals surface area (Å²) in [4.78, 5) is 10.4. The first-order valence-electron chi connectivity index (χ1n) is 5.44. The van der Waals surface area contributed by atoms with Crippen molar-refractivity contribution in [3.8, 4) is 0 Å². The second-order valence-corrected chi connectivity index (χ2v) is 4.42. The Kier molecular flexibility index (Phi) is 3.68. The third-order valence-corrected chi connectivity index (χ3v) is 3.02. The van der Waals surface area contributed by atoms with Crippen LogP contribution in [0, 0.1) is 17.0 Å². The van der Waals surface area contributed by atoms with Gasteiger partial charge < -0.3 is 5.43 Å². The Morgan fingerprint density at radius 2 is 2.32 bits per heavy atom. The SMILES string of the molecule is Cc1nn(Cc2ccc(NN)c([N+](=O)[O-])c2)cc1Cl. The molecule has 7 nitrogen and oxygen atoms in total. The molecule has 2 rings (SSSR count). The van der Waals surface area contributed by atoms with Gasteiger partial charge in [0, 0.05) is 12.3 Å². The van der Waals surface area contributed by atoms with Crippen LogP contribution in [-0.4, -0.2) is 14.7 Å². The minimum atomic E-state index is -0.486. The minimum absolute atomic E-state index is 0.0741. The monoisotopic (exact) mass is 281 g/mol. The van der Waals surface area contributed by atoms with Crippen molar-refractivity contribution in [2.24, 2.45) is 5.84 Å². The van der Waals surface area contributed by atoms with Crippen LogP contribution in [0.25, 0.3) is 0 Å². The summed E-state index contributed by atoms with van der Waals surface area (Å²) in [6.07, 6.45) is 1.68. The molecule has 0 aliphatic rings. The van der Waals surface area contributed by atoms with Crippen LogP contribution >= 0.6 is 11.6 Å². The van der Waals surface area contributed by atoms with Crippen LogP contribution in [0.4, 0.5) is 11.4 Å². The molecule has 0 saturated heterocycles. The lowest BCUT2D eigenvalue weighted by Crippen LogP contribution is -2.10. The maximum absolute atomic E-state index is 10.9. The van der Waals surface area contributed by atoms with Crippen LogP contribution in [-0.2, 0) is 6.54 Å². The second-order valence-electron chi connectivity index (χ2n) is 4.01. The second kappa shape index (κ2) is 5.25. The number of nitro benzene ring substituents is 1. The van der Waals surface area contributed by atoms with Crippen LogP contribution in [0.5, 0.6) is 0 Å². The van der Waals surface area contributed by atoms with E-state index in [9.17, 15) is 10.1 Å². The molecule has 0 saturated carbocycles. The normalized spacial score (nSPS) is 10.5. The van der Waals surface area contributed by atoms with Crippen molar-refractivity contribution in [2.45, 2.75) is 13.5 Å². The van der Waals surface area contributed by atoms with Crippen molar-refractivity contribution in [2.75, 3.05) is 5.43 Å². The van der Waals surface area contributed by atoms with Crippen LogP contribution in [0.1, 0.15) is 11.3 Å². The number of hydrazine groups is 1. The maximum atomic E-state index is 10.9. The first kappa shape index (κ1) is 13.3. The highest BCUT2D eigenvalue weighted by atomic mass is 35.5. The van der Waals surface area contributed by atoms with Crippen molar-refractivity contribution in [1.82, 2.24) is 9.78 Å². The van der Waals surface area contributed by atoms with Gasteiger partial charge in [0.2, 0.25) is 0 Å². The number of halogens is 1. The summed E-state index contributed by atoms with van der Waals surface area (Å²) in [6.45, 7) is 2.20. The largest absolute Gasteiger partial charge is 0.318 e. The van der Waals surface area contributed by atoms with Crippen molar-refractivity contribution >= 4 is 23.0 Å². The Morgan fingerprint density at radius 1 is 1.58 bits per heavy atom. The van der Waals surface area contributed by atoms with Gasteiger partial charge in [-0.1, -0.05) is 17.7 Å². The molecule has 0 spiro atoms. The first-order chi connectivity index (χ1) is 9.01. The highest BCUT2D eigenvalue weighted by molar-refractivity contribution is 6.31. The molecule has 1 heterocycles. The predicted molar refractivity (Wildman–Crippen MR) is 72.0 cm³/mol. The van der Waals surface area contributed by atoms with Gasteiger partial charge in [-0.05, 0) is 18.6 Å². The number of nitrogens with one attached hydrogen (secondary N) is 1. The van der Waals surface area contributed by atoms with Gasteiger partial charge in [0.05, 0.1) is 22.2 Å². The van der Waals surface area contributed by atoms with E-state index in [1.807, 2.05) is 0 Å². The number of hydrogen-bond acceptors (Lipinski definition) is 5. The highest BCUT2D eigenvalue weighted by Gasteiger charge is 2.14. The number of hydrogen-bond donors (Lipinski definition) is 2. The molecular weight excluding hydrogens is 270 g/mol. The molecule has 100 valence electrons. The van der Waals surface area contributed by atoms with Gasteiger partial charge in [-0.25, -0.2) is 0 Å². The minimum Gasteiger partial charge on any atom is -0.318 e. The Labute approximate surface area is 114 Å². The van der Waals surface area contributed by atoms with E-state index in [1.165, 1.54) is 6.07 Å². The van der Waals surface area contributed by atoms with Crippen LogP contribution in [0.2, 0.25) is 5.02 Å². The van der Waals surface area contributed by atoms with Gasteiger partial charge in [0.1, 0.15) is 5.69 Å². The van der Waals surface area contributed by atoms with Gasteiger partial charge in [-0.15, -0.1) is 0 Å². The van der Waals surface area contributed by atoms with E-state index in [1.54, 1.807) is 29.9 Å². The lowest BCUT2D eigenvalue weighted by molar-refractivity contribution is -0.384. The smallest absolute Gasteiger partial charge is 0.293 e. The number of rotatable bonds is 4. The Morgan fingerprint density at radius 3 is 2.84 bits per heavy atom. The quantitative estimate of drug-likeness (QED) is 0.508. The fourth-order valence-corrected chi connectivity index (χ4v) is 1.86. The Balaban J connectivity index is 2.30. The Hall–Kier alpha value is -2.12. The van der Waals surface area contributed by atoms with E-state index in [-0.39, 0.29) is 11.4 Å². The van der Waals surface area contributed by atoms with Crippen molar-refractivity contribution < 1.29 is 4.92 Å². The molecule has 8 heteroatoms. The summed E-state index contributed by atoms with van der Waals surface area (Å²) < 4.78 is 1.63. The van der Waals surface area contributed by atoms with Crippen molar-refractivity contribution in [1.29, 1.82) is 0 Å². The molecule has 0 atom stereocenters. The zero-order valence-electron chi connectivity index (χ0n) is 10.1. The number of benzene rings is 1. The highest BCUT2D eigenvalue weighted by Crippen LogP contribution is 2.25. The summed E-state index contributed by atoms with van der Waals surface area (Å²) in [5.41, 5.74) is 3.95. The van der Waals surface area contributed by atoms with E-state index in [2.05, 4.69) is 10.5 Å². The molecular formula is C11H12ClN5O2. The number of aromatic nitrogens is 2. The van der Waals surface area contributed by atoms with E-state index in [0.29, 0.717) is 11.6 Å². The number of nitrogens with two attached hydrogens (primary N) is 1. The van der Waals surface area contributed by atoms with E-state index < -0.39 is 4.92 Å². The zero-order chi connectivity index (χ0) is 14.0. The van der Waals surface area contributed by atoms with Crippen LogP contribution < -0.4 is 11.3 Å². The summed E-state index contributed by atoms with van der Waals surface area (Å²) in [6, 6.07) is 4.76. The maximum Gasteiger partial charge on any atom is 0.293 e. The van der Waals surface area contributed by atoms with Crippen LogP contribution in [0.15, 0.2) is 24.4 Å². The van der Waals surface area contributed by atoms with Crippen molar-refractivity contribution in [3.05, 3.63) is 50.8 Å². The van der Waals surface area contributed by atoms with Gasteiger partial charge in [0.25, 0.3) is 5.69 Å². The standard InChI is InChI=1S/C11H12ClN5O2/c1-7-9(12)6-16(15-7)5-8-2-3-10(14-13)11(4-8)17(18)19/h2-4,6,14H,5,13H2,1H3.